The molecule has 1 fully saturated rings. The van der Waals surface area contributed by atoms with Crippen molar-refractivity contribution in [3.8, 4) is 0 Å². The van der Waals surface area contributed by atoms with Gasteiger partial charge in [-0.3, -0.25) is 9.59 Å². The molecule has 1 saturated heterocycles. The quantitative estimate of drug-likeness (QED) is 0.828. The van der Waals surface area contributed by atoms with E-state index < -0.39 is 0 Å². The van der Waals surface area contributed by atoms with Crippen molar-refractivity contribution in [2.75, 3.05) is 6.61 Å². The Kier molecular flexibility index (Phi) is 5.00. The molecular weight excluding hydrogens is 304 g/mol. The van der Waals surface area contributed by atoms with E-state index in [1.165, 1.54) is 0 Å². The average Bonchev–Trinajstić information content (AvgIpc) is 2.56. The van der Waals surface area contributed by atoms with Crippen LogP contribution in [0.1, 0.15) is 37.3 Å². The third-order valence-electron chi connectivity index (χ3n) is 4.69. The molecule has 5 nitrogen and oxygen atoms in total. The summed E-state index contributed by atoms with van der Waals surface area (Å²) in [6, 6.07) is 7.98. The fourth-order valence-electron chi connectivity index (χ4n) is 3.38. The van der Waals surface area contributed by atoms with Crippen LogP contribution in [0.2, 0.25) is 0 Å². The van der Waals surface area contributed by atoms with Gasteiger partial charge in [0, 0.05) is 23.7 Å². The number of ether oxygens (including phenoxy) is 1. The molecule has 3 rings (SSSR count). The van der Waals surface area contributed by atoms with Crippen molar-refractivity contribution in [2.45, 2.75) is 45.7 Å². The number of esters is 1. The molecule has 2 unspecified atom stereocenters. The summed E-state index contributed by atoms with van der Waals surface area (Å²) < 4.78 is 5.17. The predicted octanol–water partition coefficient (Wildman–Crippen LogP) is 2.66. The van der Waals surface area contributed by atoms with E-state index >= 15 is 0 Å². The third kappa shape index (κ3) is 3.51. The first-order chi connectivity index (χ1) is 11.6. The largest absolute Gasteiger partial charge is 0.465 e. The maximum atomic E-state index is 12.3. The Balaban J connectivity index is 1.78. The summed E-state index contributed by atoms with van der Waals surface area (Å²) >= 11 is 0. The Labute approximate surface area is 141 Å². The topological polar surface area (TPSA) is 71.2 Å². The summed E-state index contributed by atoms with van der Waals surface area (Å²) in [5.74, 6) is -0.242. The second kappa shape index (κ2) is 7.18. The number of aryl methyl sites for hydroxylation is 1. The molecule has 0 spiro atoms. The highest BCUT2D eigenvalue weighted by molar-refractivity contribution is 5.79. The number of aromatic amines is 1. The predicted molar refractivity (Wildman–Crippen MR) is 93.9 cm³/mol. The Morgan fingerprint density at radius 1 is 1.29 bits per heavy atom. The number of aromatic nitrogens is 1. The molecule has 128 valence electrons. The highest BCUT2D eigenvalue weighted by Gasteiger charge is 2.32. The molecule has 0 aliphatic carbocycles. The highest BCUT2D eigenvalue weighted by atomic mass is 16.5. The van der Waals surface area contributed by atoms with E-state index in [1.807, 2.05) is 25.1 Å². The smallest absolute Gasteiger partial charge is 0.310 e. The number of cyclic esters (lactones) is 1. The van der Waals surface area contributed by atoms with Crippen LogP contribution in [0, 0.1) is 12.8 Å². The van der Waals surface area contributed by atoms with Crippen LogP contribution in [0.4, 0.5) is 0 Å². The molecule has 24 heavy (non-hydrogen) atoms. The Morgan fingerprint density at radius 3 is 2.92 bits per heavy atom. The molecule has 0 radical (unpaired) electrons. The van der Waals surface area contributed by atoms with Crippen molar-refractivity contribution in [1.82, 2.24) is 10.3 Å². The van der Waals surface area contributed by atoms with Crippen LogP contribution in [-0.4, -0.2) is 23.6 Å². The van der Waals surface area contributed by atoms with E-state index in [1.54, 1.807) is 0 Å². The van der Waals surface area contributed by atoms with Crippen molar-refractivity contribution in [2.24, 2.45) is 5.92 Å². The van der Waals surface area contributed by atoms with Crippen LogP contribution in [-0.2, 0) is 16.1 Å². The number of carbonyl (C=O) groups excluding carboxylic acids is 1. The first-order valence-electron chi connectivity index (χ1n) is 8.61. The maximum Gasteiger partial charge on any atom is 0.310 e. The van der Waals surface area contributed by atoms with Crippen LogP contribution in [0.3, 0.4) is 0 Å². The summed E-state index contributed by atoms with van der Waals surface area (Å²) in [4.78, 5) is 27.2. The number of benzene rings is 1. The van der Waals surface area contributed by atoms with Gasteiger partial charge in [-0.2, -0.15) is 0 Å². The molecule has 0 amide bonds. The summed E-state index contributed by atoms with van der Waals surface area (Å²) in [7, 11) is 0. The van der Waals surface area contributed by atoms with Crippen molar-refractivity contribution in [3.05, 3.63) is 45.7 Å². The van der Waals surface area contributed by atoms with E-state index in [4.69, 9.17) is 4.74 Å². The van der Waals surface area contributed by atoms with E-state index in [0.717, 1.165) is 35.7 Å². The number of H-pyrrole nitrogens is 1. The molecule has 1 aliphatic heterocycles. The molecule has 5 heteroatoms. The van der Waals surface area contributed by atoms with Gasteiger partial charge >= 0.3 is 5.97 Å². The minimum atomic E-state index is -0.122. The number of pyridine rings is 1. The summed E-state index contributed by atoms with van der Waals surface area (Å²) in [6.45, 7) is 5.00. The van der Waals surface area contributed by atoms with Gasteiger partial charge in [0.25, 0.3) is 5.56 Å². The number of hydrogen-bond donors (Lipinski definition) is 2. The second-order valence-electron chi connectivity index (χ2n) is 6.55. The lowest BCUT2D eigenvalue weighted by Gasteiger charge is -2.30. The number of nitrogens with one attached hydrogen (secondary N) is 2. The Morgan fingerprint density at radius 2 is 2.12 bits per heavy atom. The minimum Gasteiger partial charge on any atom is -0.465 e. The van der Waals surface area contributed by atoms with E-state index in [2.05, 4.69) is 23.3 Å². The molecule has 2 heterocycles. The molecule has 1 aromatic heterocycles. The van der Waals surface area contributed by atoms with Crippen LogP contribution in [0.15, 0.2) is 29.1 Å². The van der Waals surface area contributed by atoms with Gasteiger partial charge < -0.3 is 15.0 Å². The van der Waals surface area contributed by atoms with Gasteiger partial charge in [-0.25, -0.2) is 0 Å². The van der Waals surface area contributed by atoms with E-state index in [0.29, 0.717) is 18.7 Å². The fourth-order valence-corrected chi connectivity index (χ4v) is 3.38. The zero-order chi connectivity index (χ0) is 17.1. The van der Waals surface area contributed by atoms with Crippen LogP contribution in [0.25, 0.3) is 10.9 Å². The second-order valence-corrected chi connectivity index (χ2v) is 6.55. The monoisotopic (exact) mass is 328 g/mol. The zero-order valence-corrected chi connectivity index (χ0v) is 14.2. The summed E-state index contributed by atoms with van der Waals surface area (Å²) in [5, 5.41) is 4.43. The van der Waals surface area contributed by atoms with Gasteiger partial charge in [-0.05, 0) is 43.4 Å². The minimum absolute atomic E-state index is 0.0683. The van der Waals surface area contributed by atoms with Gasteiger partial charge in [-0.1, -0.05) is 25.0 Å². The first kappa shape index (κ1) is 16.7. The Hall–Kier alpha value is -2.14. The van der Waals surface area contributed by atoms with Gasteiger partial charge in [-0.15, -0.1) is 0 Å². The van der Waals surface area contributed by atoms with Gasteiger partial charge in [0.05, 0.1) is 12.5 Å². The fraction of sp³-hybridized carbons (Fsp3) is 0.474. The van der Waals surface area contributed by atoms with Crippen LogP contribution < -0.4 is 10.9 Å². The number of rotatable bonds is 5. The Bertz CT molecular complexity index is 797. The van der Waals surface area contributed by atoms with Crippen LogP contribution >= 0.6 is 0 Å². The van der Waals surface area contributed by atoms with Crippen molar-refractivity contribution < 1.29 is 9.53 Å². The van der Waals surface area contributed by atoms with Crippen molar-refractivity contribution >= 4 is 16.9 Å². The lowest BCUT2D eigenvalue weighted by Crippen LogP contribution is -2.45. The molecule has 0 saturated carbocycles. The molecule has 1 aromatic carbocycles. The molecular formula is C19H24N2O3. The maximum absolute atomic E-state index is 12.3. The molecule has 2 atom stereocenters. The average molecular weight is 328 g/mol. The lowest BCUT2D eigenvalue weighted by molar-refractivity contribution is -0.155. The number of hydrogen-bond acceptors (Lipinski definition) is 4. The first-order valence-corrected chi connectivity index (χ1v) is 8.61. The highest BCUT2D eigenvalue weighted by Crippen LogP contribution is 2.21. The van der Waals surface area contributed by atoms with E-state index in [9.17, 15) is 9.59 Å². The standard InChI is InChI=1S/C19H24N2O3/c1-3-4-15-17(7-8-24-19(15)23)20-11-14-10-13-9-12(2)5-6-16(13)21-18(14)22/h5-6,9-10,15,17,20H,3-4,7-8,11H2,1-2H3,(H,21,22). The number of carbonyl (C=O) groups is 1. The van der Waals surface area contributed by atoms with Crippen molar-refractivity contribution in [3.63, 3.8) is 0 Å². The molecule has 0 bridgehead atoms. The third-order valence-corrected chi connectivity index (χ3v) is 4.69. The summed E-state index contributed by atoms with van der Waals surface area (Å²) in [6.07, 6.45) is 2.54. The van der Waals surface area contributed by atoms with Crippen LogP contribution in [0.5, 0.6) is 0 Å². The van der Waals surface area contributed by atoms with Crippen molar-refractivity contribution in [1.29, 1.82) is 0 Å². The van der Waals surface area contributed by atoms with Gasteiger partial charge in [0.15, 0.2) is 0 Å². The molecule has 2 N–H and O–H groups in total. The zero-order valence-electron chi connectivity index (χ0n) is 14.2. The van der Waals surface area contributed by atoms with Gasteiger partial charge in [0.2, 0.25) is 0 Å². The lowest BCUT2D eigenvalue weighted by atomic mass is 9.90. The molecule has 2 aromatic rings. The van der Waals surface area contributed by atoms with E-state index in [-0.39, 0.29) is 23.5 Å². The SMILES string of the molecule is CCCC1C(=O)OCCC1NCc1cc2cc(C)ccc2[nH]c1=O. The van der Waals surface area contributed by atoms with Gasteiger partial charge in [0.1, 0.15) is 0 Å². The number of fused-ring (bicyclic) bond motifs is 1. The normalized spacial score (nSPS) is 21.0. The molecule has 1 aliphatic rings. The summed E-state index contributed by atoms with van der Waals surface area (Å²) in [5.41, 5.74) is 2.62.